The van der Waals surface area contributed by atoms with Crippen LogP contribution in [0.3, 0.4) is 0 Å². The van der Waals surface area contributed by atoms with Crippen molar-refractivity contribution in [1.29, 1.82) is 0 Å². The second kappa shape index (κ2) is 19.7. The molecule has 0 amide bonds. The van der Waals surface area contributed by atoms with E-state index in [1.807, 2.05) is 31.3 Å². The minimum Gasteiger partial charge on any atom is -0.504 e. The van der Waals surface area contributed by atoms with E-state index in [0.29, 0.717) is 23.3 Å². The Bertz CT molecular complexity index is 3390. The standard InChI is InChI=1S/C63H58N4O.Pt/c1-40(2)53-33-48(44-20-12-10-13-21-44)34-54(41(3)4)61(53)46-30-31-59-60(37-46)66(39-65(59)9)50-25-19-27-52(38-50)68-51-26-18-24-47(32-51)63-64-57-28-16-17-29-58(57)67(63)62-55(42(5)6)35-49(36-56(62)43(7)8)45-22-14-11-15-23-45;/h10-31,33-37,40-43H,1-9H3;/q-2;. The molecule has 0 radical (unpaired) electrons. The number of rotatable bonds is 12. The number of aryl methyl sites for hydroxylation is 1. The van der Waals surface area contributed by atoms with Gasteiger partial charge in [0.2, 0.25) is 6.33 Å². The molecule has 69 heavy (non-hydrogen) atoms. The van der Waals surface area contributed by atoms with Gasteiger partial charge in [0.05, 0.1) is 34.9 Å². The van der Waals surface area contributed by atoms with Crippen molar-refractivity contribution in [3.05, 3.63) is 205 Å². The summed E-state index contributed by atoms with van der Waals surface area (Å²) in [7, 11) is 2.05. The molecule has 0 saturated carbocycles. The first-order valence-corrected chi connectivity index (χ1v) is 24.0. The van der Waals surface area contributed by atoms with Gasteiger partial charge >= 0.3 is 0 Å². The van der Waals surface area contributed by atoms with Crippen LogP contribution in [0, 0.1) is 18.5 Å². The Morgan fingerprint density at radius 3 is 1.62 bits per heavy atom. The summed E-state index contributed by atoms with van der Waals surface area (Å²) in [6.07, 6.45) is 3.57. The molecule has 2 aromatic heterocycles. The molecule has 0 aliphatic carbocycles. The van der Waals surface area contributed by atoms with Crippen LogP contribution >= 0.6 is 0 Å². The van der Waals surface area contributed by atoms with Gasteiger partial charge in [-0.05, 0) is 104 Å². The molecule has 0 unspecified atom stereocenters. The number of nitrogens with zero attached hydrogens (tertiary/aromatic N) is 4. The van der Waals surface area contributed by atoms with Gasteiger partial charge in [-0.1, -0.05) is 170 Å². The van der Waals surface area contributed by atoms with Crippen molar-refractivity contribution in [3.8, 4) is 67.6 Å². The van der Waals surface area contributed by atoms with E-state index in [0.717, 1.165) is 39.1 Å². The second-order valence-electron chi connectivity index (χ2n) is 19.3. The van der Waals surface area contributed by atoms with Crippen LogP contribution in [0.15, 0.2) is 164 Å². The third-order valence-electron chi connectivity index (χ3n) is 13.2. The summed E-state index contributed by atoms with van der Waals surface area (Å²) in [6.45, 7) is 18.3. The molecule has 10 rings (SSSR count). The van der Waals surface area contributed by atoms with Crippen LogP contribution < -0.4 is 9.30 Å². The van der Waals surface area contributed by atoms with E-state index >= 15 is 0 Å². The maximum Gasteiger partial charge on any atom is 0.242 e. The minimum atomic E-state index is 0. The van der Waals surface area contributed by atoms with Crippen molar-refractivity contribution in [2.45, 2.75) is 79.1 Å². The molecule has 0 saturated heterocycles. The maximum absolute atomic E-state index is 6.67. The van der Waals surface area contributed by atoms with Crippen molar-refractivity contribution >= 4 is 22.1 Å². The average molecular weight is 1080 g/mol. The maximum atomic E-state index is 6.67. The molecule has 0 spiro atoms. The minimum absolute atomic E-state index is 0. The first-order valence-electron chi connectivity index (χ1n) is 24.0. The van der Waals surface area contributed by atoms with Crippen LogP contribution in [0.1, 0.15) is 101 Å². The number of hydrogen-bond donors (Lipinski definition) is 0. The van der Waals surface area contributed by atoms with Crippen LogP contribution in [0.2, 0.25) is 0 Å². The molecule has 0 atom stereocenters. The molecule has 10 aromatic rings. The molecule has 348 valence electrons. The Morgan fingerprint density at radius 2 is 1.03 bits per heavy atom. The van der Waals surface area contributed by atoms with Crippen molar-refractivity contribution in [3.63, 3.8) is 0 Å². The molecule has 8 aromatic carbocycles. The summed E-state index contributed by atoms with van der Waals surface area (Å²) < 4.78 is 13.2. The summed E-state index contributed by atoms with van der Waals surface area (Å²) in [6, 6.07) is 65.5. The van der Waals surface area contributed by atoms with Gasteiger partial charge in [0.15, 0.2) is 0 Å². The zero-order valence-electron chi connectivity index (χ0n) is 40.9. The normalized spacial score (nSPS) is 11.7. The van der Waals surface area contributed by atoms with E-state index in [-0.39, 0.29) is 32.9 Å². The molecule has 0 N–H and O–H groups in total. The number of hydrogen-bond acceptors (Lipinski definition) is 2. The smallest absolute Gasteiger partial charge is 0.242 e. The summed E-state index contributed by atoms with van der Waals surface area (Å²) in [5.41, 5.74) is 19.6. The van der Waals surface area contributed by atoms with E-state index in [9.17, 15) is 0 Å². The summed E-state index contributed by atoms with van der Waals surface area (Å²) in [5, 5.41) is 0. The number of aromatic nitrogens is 4. The van der Waals surface area contributed by atoms with Crippen LogP contribution in [0.25, 0.3) is 78.2 Å². The third kappa shape index (κ3) is 9.13. The number of imidazole rings is 2. The average Bonchev–Trinajstić information content (AvgIpc) is 3.91. The Morgan fingerprint density at radius 1 is 0.493 bits per heavy atom. The van der Waals surface area contributed by atoms with Crippen molar-refractivity contribution < 1.29 is 30.4 Å². The number of benzene rings is 8. The molecule has 0 fully saturated rings. The fourth-order valence-corrected chi connectivity index (χ4v) is 9.74. The zero-order chi connectivity index (χ0) is 47.2. The molecule has 0 aliphatic heterocycles. The molecular formula is C63H58N4OPt-2. The third-order valence-corrected chi connectivity index (χ3v) is 13.2. The first-order chi connectivity index (χ1) is 32.9. The van der Waals surface area contributed by atoms with E-state index < -0.39 is 0 Å². The predicted octanol–water partition coefficient (Wildman–Crippen LogP) is 16.1. The van der Waals surface area contributed by atoms with Gasteiger partial charge in [-0.25, -0.2) is 0 Å². The summed E-state index contributed by atoms with van der Waals surface area (Å²) in [4.78, 5) is 5.31. The predicted molar refractivity (Wildman–Crippen MR) is 280 cm³/mol. The van der Waals surface area contributed by atoms with Gasteiger partial charge < -0.3 is 18.4 Å². The van der Waals surface area contributed by atoms with Crippen LogP contribution in [0.4, 0.5) is 0 Å². The van der Waals surface area contributed by atoms with Gasteiger partial charge in [-0.15, -0.1) is 35.9 Å². The molecule has 6 heteroatoms. The number of ether oxygens (including phenoxy) is 1. The quantitative estimate of drug-likeness (QED) is 0.0903. The Kier molecular flexibility index (Phi) is 13.5. The van der Waals surface area contributed by atoms with E-state index in [4.69, 9.17) is 9.72 Å². The van der Waals surface area contributed by atoms with Gasteiger partial charge in [-0.2, -0.15) is 12.1 Å². The monoisotopic (exact) mass is 1080 g/mol. The molecular weight excluding hydrogens is 1020 g/mol. The molecule has 5 nitrogen and oxygen atoms in total. The largest absolute Gasteiger partial charge is 0.504 e. The second-order valence-corrected chi connectivity index (χ2v) is 19.3. The topological polar surface area (TPSA) is 35.9 Å². The van der Waals surface area contributed by atoms with Gasteiger partial charge in [-0.3, -0.25) is 4.98 Å². The zero-order valence-corrected chi connectivity index (χ0v) is 43.2. The Balaban J connectivity index is 0.00000593. The van der Waals surface area contributed by atoms with Crippen LogP contribution in [-0.4, -0.2) is 14.1 Å². The number of para-hydroxylation sites is 2. The van der Waals surface area contributed by atoms with Gasteiger partial charge in [0.25, 0.3) is 0 Å². The summed E-state index contributed by atoms with van der Waals surface area (Å²) >= 11 is 0. The van der Waals surface area contributed by atoms with E-state index in [1.165, 1.54) is 61.3 Å². The first kappa shape index (κ1) is 47.3. The van der Waals surface area contributed by atoms with Crippen molar-refractivity contribution in [2.75, 3.05) is 0 Å². The number of fused-ring (bicyclic) bond motifs is 2. The van der Waals surface area contributed by atoms with Crippen LogP contribution in [0.5, 0.6) is 11.5 Å². The van der Waals surface area contributed by atoms with Crippen LogP contribution in [-0.2, 0) is 28.1 Å². The van der Waals surface area contributed by atoms with E-state index in [2.05, 4.69) is 227 Å². The SMILES string of the molecule is CC(C)c1cc(-c2ccccc2)cc(C(C)C)c1-c1ccc2c(c1)[n+](-c1[c-]c(Oc3[c-]c(-c4nc5ccccc5n4-c4c(C(C)C)cc(-c5ccccc5)cc4C(C)C)ccc3)ccc1)[c-]n2C.[Pt]. The Labute approximate surface area is 422 Å². The molecule has 0 bridgehead atoms. The van der Waals surface area contributed by atoms with Gasteiger partial charge in [0.1, 0.15) is 0 Å². The van der Waals surface area contributed by atoms with Gasteiger partial charge in [0, 0.05) is 38.3 Å². The van der Waals surface area contributed by atoms with Crippen molar-refractivity contribution in [1.82, 2.24) is 14.1 Å². The van der Waals surface area contributed by atoms with Crippen molar-refractivity contribution in [2.24, 2.45) is 7.05 Å². The fourth-order valence-electron chi connectivity index (χ4n) is 9.74. The molecule has 2 heterocycles. The van der Waals surface area contributed by atoms with E-state index in [1.54, 1.807) is 0 Å². The Hall–Kier alpha value is -6.81. The fraction of sp³-hybridized carbons (Fsp3) is 0.206. The summed E-state index contributed by atoms with van der Waals surface area (Å²) in [5.74, 6) is 3.15. The molecule has 0 aliphatic rings.